The average molecular weight is 636 g/mol. The molecule has 0 unspecified atom stereocenters. The molecule has 5 rings (SSSR count). The van der Waals surface area contributed by atoms with Crippen molar-refractivity contribution >= 4 is 42.7 Å². The summed E-state index contributed by atoms with van der Waals surface area (Å²) in [5.74, 6) is -1.36. The number of carboxylic acid groups (broad SMARTS) is 1. The molecule has 45 heavy (non-hydrogen) atoms. The monoisotopic (exact) mass is 635 g/mol. The molecule has 0 saturated carbocycles. The van der Waals surface area contributed by atoms with E-state index >= 15 is 0 Å². The van der Waals surface area contributed by atoms with Crippen LogP contribution in [0, 0.1) is 25.7 Å². The topological polar surface area (TPSA) is 185 Å². The van der Waals surface area contributed by atoms with Crippen molar-refractivity contribution in [2.45, 2.75) is 65.3 Å². The number of hydroxylamine groups is 1. The van der Waals surface area contributed by atoms with Gasteiger partial charge in [0.2, 0.25) is 5.85 Å². The van der Waals surface area contributed by atoms with Crippen LogP contribution in [0.2, 0.25) is 0 Å². The lowest BCUT2D eigenvalue weighted by atomic mass is 9.90. The van der Waals surface area contributed by atoms with Gasteiger partial charge in [-0.1, -0.05) is 19.6 Å². The first-order valence-corrected chi connectivity index (χ1v) is 15.6. The lowest BCUT2D eigenvalue weighted by Gasteiger charge is -2.14. The van der Waals surface area contributed by atoms with Crippen LogP contribution in [0.1, 0.15) is 60.5 Å². The highest BCUT2D eigenvalue weighted by molar-refractivity contribution is 7.80. The Kier molecular flexibility index (Phi) is 9.11. The van der Waals surface area contributed by atoms with Gasteiger partial charge in [-0.05, 0) is 79.9 Å². The van der Waals surface area contributed by atoms with Gasteiger partial charge in [-0.2, -0.15) is 12.6 Å². The van der Waals surface area contributed by atoms with Gasteiger partial charge < -0.3 is 35.9 Å². The summed E-state index contributed by atoms with van der Waals surface area (Å²) in [6.07, 6.45) is 10.0. The molecule has 1 amide bonds. The van der Waals surface area contributed by atoms with Crippen LogP contribution in [-0.4, -0.2) is 54.8 Å². The number of thiol groups is 1. The van der Waals surface area contributed by atoms with Gasteiger partial charge in [-0.25, -0.2) is 0 Å². The molecule has 5 heterocycles. The molecule has 3 aliphatic rings. The molecule has 4 atom stereocenters. The summed E-state index contributed by atoms with van der Waals surface area (Å²) >= 11 is 4.47. The summed E-state index contributed by atoms with van der Waals surface area (Å²) in [5.41, 5.74) is 10.6. The zero-order valence-electron chi connectivity index (χ0n) is 25.9. The minimum atomic E-state index is -0.892. The van der Waals surface area contributed by atoms with Gasteiger partial charge in [0.05, 0.1) is 6.04 Å². The normalized spacial score (nSPS) is 25.8. The maximum atomic E-state index is 12.4. The van der Waals surface area contributed by atoms with Crippen molar-refractivity contribution in [2.75, 3.05) is 5.75 Å². The number of nitrogens with one attached hydrogen (secondary N) is 5. The van der Waals surface area contributed by atoms with E-state index in [1.807, 2.05) is 26.8 Å². The number of amides is 1. The molecule has 2 saturated heterocycles. The molecule has 3 aliphatic heterocycles. The summed E-state index contributed by atoms with van der Waals surface area (Å²) in [6.45, 7) is 11.7. The van der Waals surface area contributed by atoms with E-state index in [1.165, 1.54) is 6.08 Å². The number of aliphatic hydroxyl groups is 2. The smallest absolute Gasteiger partial charge is 0.303 e. The third kappa shape index (κ3) is 6.35. The van der Waals surface area contributed by atoms with Crippen molar-refractivity contribution in [3.8, 4) is 0 Å². The fraction of sp³-hybridized carbons (Fsp3) is 0.394. The van der Waals surface area contributed by atoms with E-state index in [4.69, 9.17) is 4.84 Å². The zero-order valence-corrected chi connectivity index (χ0v) is 26.8. The lowest BCUT2D eigenvalue weighted by Crippen LogP contribution is -2.32. The predicted octanol–water partition coefficient (Wildman–Crippen LogP) is 2.79. The van der Waals surface area contributed by atoms with Crippen LogP contribution in [0.25, 0.3) is 18.2 Å². The number of hydrogen-bond acceptors (Lipinski definition) is 8. The average Bonchev–Trinajstić information content (AvgIpc) is 3.44. The minimum absolute atomic E-state index is 0.0400. The molecule has 2 aromatic heterocycles. The molecule has 11 nitrogen and oxygen atoms in total. The first-order chi connectivity index (χ1) is 21.4. The predicted molar refractivity (Wildman–Crippen MR) is 175 cm³/mol. The molecule has 0 aliphatic carbocycles. The second kappa shape index (κ2) is 12.7. The van der Waals surface area contributed by atoms with Gasteiger partial charge in [0.15, 0.2) is 0 Å². The number of aliphatic carboxylic acids is 1. The Bertz CT molecular complexity index is 1760. The molecule has 0 radical (unpaired) electrons. The van der Waals surface area contributed by atoms with Gasteiger partial charge in [0, 0.05) is 69.7 Å². The quantitative estimate of drug-likeness (QED) is 0.103. The van der Waals surface area contributed by atoms with Gasteiger partial charge in [0.25, 0.3) is 11.9 Å². The van der Waals surface area contributed by atoms with E-state index in [9.17, 15) is 24.9 Å². The summed E-state index contributed by atoms with van der Waals surface area (Å²) in [7, 11) is 0. The zero-order chi connectivity index (χ0) is 32.6. The summed E-state index contributed by atoms with van der Waals surface area (Å²) in [5, 5.41) is 36.5. The van der Waals surface area contributed by atoms with Gasteiger partial charge >= 0.3 is 5.97 Å². The van der Waals surface area contributed by atoms with Crippen molar-refractivity contribution in [1.82, 2.24) is 26.1 Å². The third-order valence-electron chi connectivity index (χ3n) is 9.31. The maximum absolute atomic E-state index is 12.4. The van der Waals surface area contributed by atoms with E-state index in [0.29, 0.717) is 23.8 Å². The number of H-pyrrole nitrogens is 2. The van der Waals surface area contributed by atoms with Crippen LogP contribution in [0.15, 0.2) is 41.5 Å². The number of aromatic amines is 2. The van der Waals surface area contributed by atoms with E-state index in [0.717, 1.165) is 62.4 Å². The van der Waals surface area contributed by atoms with Gasteiger partial charge in [-0.15, -0.1) is 5.48 Å². The molecular weight excluding hydrogens is 594 g/mol. The third-order valence-corrected chi connectivity index (χ3v) is 9.56. The molecule has 240 valence electrons. The molecule has 0 aromatic carbocycles. The number of hydrogen-bond donors (Lipinski definition) is 9. The standard InChI is InChI=1S/C33H41N5O6S/c1-6-20-16(2)26(36-32(20)43)13-24-17(3)21(7-9-30(39)40)27(34-24)15-28-22(8-10-31(41)42)18(4)25(35-28)14-29-23(11-12-45)19(5)33(37-29)38-44-33/h6-7,9,14-15,19,23,26,34-35,37-40,45H,1,8,10-13H2,2-5H3,(H,36,43)(H,41,42)/b21-7+,27-15-,29-14-/t19-,23-,26-,33-/m1/s1. The van der Waals surface area contributed by atoms with Crippen molar-refractivity contribution < 1.29 is 29.7 Å². The molecular formula is C33H41N5O6S. The Morgan fingerprint density at radius 1 is 1.11 bits per heavy atom. The number of aliphatic hydroxyl groups excluding tert-OH is 1. The fourth-order valence-electron chi connectivity index (χ4n) is 6.51. The molecule has 8 N–H and O–H groups in total. The fourth-order valence-corrected chi connectivity index (χ4v) is 6.78. The Morgan fingerprint density at radius 3 is 2.44 bits per heavy atom. The van der Waals surface area contributed by atoms with E-state index in [1.54, 1.807) is 12.2 Å². The molecule has 0 bridgehead atoms. The van der Waals surface area contributed by atoms with E-state index in [2.05, 4.69) is 58.3 Å². The van der Waals surface area contributed by atoms with Crippen molar-refractivity contribution in [3.05, 3.63) is 85.9 Å². The van der Waals surface area contributed by atoms with Crippen molar-refractivity contribution in [1.29, 1.82) is 0 Å². The summed E-state index contributed by atoms with van der Waals surface area (Å²) in [6, 6.07) is -0.220. The molecule has 1 spiro atoms. The number of carbonyl (C=O) groups is 2. The first-order valence-electron chi connectivity index (χ1n) is 15.0. The van der Waals surface area contributed by atoms with E-state index in [-0.39, 0.29) is 30.2 Å². The Balaban J connectivity index is 1.62. The van der Waals surface area contributed by atoms with Gasteiger partial charge in [-0.3, -0.25) is 14.4 Å². The Hall–Kier alpha value is -4.13. The Labute approximate surface area is 266 Å². The van der Waals surface area contributed by atoms with E-state index < -0.39 is 17.8 Å². The largest absolute Gasteiger partial charge is 0.481 e. The van der Waals surface area contributed by atoms with Crippen LogP contribution < -0.4 is 26.7 Å². The van der Waals surface area contributed by atoms with Crippen LogP contribution in [0.4, 0.5) is 0 Å². The number of aromatic nitrogens is 2. The highest BCUT2D eigenvalue weighted by Gasteiger charge is 2.59. The van der Waals surface area contributed by atoms with Crippen molar-refractivity contribution in [3.63, 3.8) is 0 Å². The summed E-state index contributed by atoms with van der Waals surface area (Å²) in [4.78, 5) is 36.6. The van der Waals surface area contributed by atoms with Gasteiger partial charge in [0.1, 0.15) is 0 Å². The highest BCUT2D eigenvalue weighted by Crippen LogP contribution is 2.44. The highest BCUT2D eigenvalue weighted by atomic mass is 32.1. The number of carboxylic acids is 1. The lowest BCUT2D eigenvalue weighted by molar-refractivity contribution is -0.137. The maximum Gasteiger partial charge on any atom is 0.303 e. The second-order valence-electron chi connectivity index (χ2n) is 11.9. The van der Waals surface area contributed by atoms with Crippen LogP contribution in [0.5, 0.6) is 0 Å². The molecule has 2 fully saturated rings. The van der Waals surface area contributed by atoms with Crippen LogP contribution in [-0.2, 0) is 27.3 Å². The SMILES string of the molecule is C=CC1=C(C)[C@@H](Cc2[nH]c(=C\c3[nH]c(/C=C4\N[C@@]5(NO5)[C@H](C)[C@H]4CCS)c(C)c3CCC(=O)O)/c(=C/C=C(O)O)c2C)NC1=O. The van der Waals surface area contributed by atoms with Crippen LogP contribution >= 0.6 is 12.6 Å². The molecule has 12 heteroatoms. The summed E-state index contributed by atoms with van der Waals surface area (Å²) < 4.78 is 0. The van der Waals surface area contributed by atoms with Crippen LogP contribution in [0.3, 0.4) is 0 Å². The number of carbonyl (C=O) groups excluding carboxylic acids is 1. The number of allylic oxidation sites excluding steroid dienone is 2. The minimum Gasteiger partial charge on any atom is -0.481 e. The van der Waals surface area contributed by atoms with Crippen molar-refractivity contribution in [2.24, 2.45) is 11.8 Å². The second-order valence-corrected chi connectivity index (χ2v) is 12.4. The molecule has 2 aromatic rings. The first kappa shape index (κ1) is 32.3. The number of rotatable bonds is 11. The Morgan fingerprint density at radius 2 is 1.84 bits per heavy atom.